The molecule has 0 atom stereocenters. The molecule has 0 aliphatic rings. The summed E-state index contributed by atoms with van der Waals surface area (Å²) in [6.45, 7) is 0. The molecule has 0 aliphatic heterocycles. The third-order valence-corrected chi connectivity index (χ3v) is 11.7. The van der Waals surface area contributed by atoms with E-state index in [1.165, 1.54) is 36.7 Å². The van der Waals surface area contributed by atoms with Gasteiger partial charge in [-0.2, -0.15) is 0 Å². The first-order valence-electron chi connectivity index (χ1n) is 8.61. The van der Waals surface area contributed by atoms with E-state index in [0.717, 1.165) is 12.4 Å². The molecule has 0 unspecified atom stereocenters. The molecule has 0 amide bonds. The van der Waals surface area contributed by atoms with Crippen LogP contribution in [0.25, 0.3) is 0 Å². The molecule has 2 heterocycles. The molecule has 0 bridgehead atoms. The molecule has 0 spiro atoms. The van der Waals surface area contributed by atoms with Gasteiger partial charge in [-0.3, -0.25) is 28.2 Å². The van der Waals surface area contributed by atoms with Crippen molar-refractivity contribution in [1.82, 2.24) is 9.97 Å². The standard InChI is InChI=1S/2C7H11NO7P2.Na.5H2O/c2*9-7(16(10,11)12,17(13,14)15)4-6-2-1-3-8-5-6;;;;;;/h2*1-3,5,9H,4H2,(H2,10,11,12)(H2,13,14,15);;5*1H2/q;;+1;;;;;. The number of rotatable bonds is 8. The van der Waals surface area contributed by atoms with E-state index in [9.17, 15) is 28.5 Å². The second-order valence-corrected chi connectivity index (χ2v) is 14.8. The molecule has 2 rings (SSSR count). The fourth-order valence-electron chi connectivity index (χ4n) is 2.30. The smallest absolute Gasteiger partial charge is 0.412 e. The van der Waals surface area contributed by atoms with Crippen LogP contribution >= 0.6 is 30.4 Å². The van der Waals surface area contributed by atoms with Gasteiger partial charge >= 0.3 is 59.9 Å². The first kappa shape index (κ1) is 52.3. The Labute approximate surface area is 247 Å². The predicted molar refractivity (Wildman–Crippen MR) is 132 cm³/mol. The second kappa shape index (κ2) is 19.0. The van der Waals surface area contributed by atoms with Gasteiger partial charge in [0, 0.05) is 37.6 Å². The number of hydrogen-bond acceptors (Lipinski definition) is 8. The van der Waals surface area contributed by atoms with Crippen molar-refractivity contribution in [2.24, 2.45) is 0 Å². The Balaban J connectivity index is -0.000000126. The van der Waals surface area contributed by atoms with E-state index in [1.807, 2.05) is 0 Å². The molecule has 21 nitrogen and oxygen atoms in total. The Hall–Kier alpha value is -0.380. The Morgan fingerprint density at radius 3 is 0.925 bits per heavy atom. The quantitative estimate of drug-likeness (QED) is 0.0914. The summed E-state index contributed by atoms with van der Waals surface area (Å²) in [4.78, 5) is 78.3. The van der Waals surface area contributed by atoms with Crippen molar-refractivity contribution >= 4 is 30.4 Å². The van der Waals surface area contributed by atoms with Crippen LogP contribution in [0.5, 0.6) is 0 Å². The van der Waals surface area contributed by atoms with E-state index in [2.05, 4.69) is 9.97 Å². The van der Waals surface area contributed by atoms with Gasteiger partial charge in [0.25, 0.3) is 10.2 Å². The van der Waals surface area contributed by atoms with Crippen LogP contribution in [0.4, 0.5) is 0 Å². The van der Waals surface area contributed by atoms with Crippen LogP contribution < -0.4 is 29.6 Å². The van der Waals surface area contributed by atoms with Crippen LogP contribution in [0.3, 0.4) is 0 Å². The molecule has 40 heavy (non-hydrogen) atoms. The van der Waals surface area contributed by atoms with Crippen LogP contribution in [0.15, 0.2) is 49.1 Å². The number of aromatic nitrogens is 2. The normalized spacial score (nSPS) is 11.7. The van der Waals surface area contributed by atoms with Gasteiger partial charge in [0.15, 0.2) is 0 Å². The molecule has 0 aliphatic carbocycles. The molecule has 0 aromatic carbocycles. The molecule has 26 heteroatoms. The summed E-state index contributed by atoms with van der Waals surface area (Å²) in [5.74, 6) is 0. The van der Waals surface area contributed by atoms with Gasteiger partial charge in [-0.05, 0) is 23.3 Å². The maximum atomic E-state index is 11.0. The average molecular weight is 679 g/mol. The van der Waals surface area contributed by atoms with E-state index < -0.39 is 53.4 Å². The van der Waals surface area contributed by atoms with Crippen molar-refractivity contribution < 1.29 is 125 Å². The Morgan fingerprint density at radius 2 is 0.775 bits per heavy atom. The van der Waals surface area contributed by atoms with Crippen LogP contribution in [0.1, 0.15) is 11.1 Å². The summed E-state index contributed by atoms with van der Waals surface area (Å²) in [7, 11) is -21.6. The summed E-state index contributed by atoms with van der Waals surface area (Å²) in [6, 6.07) is 5.50. The van der Waals surface area contributed by atoms with Gasteiger partial charge in [0.2, 0.25) is 0 Å². The first-order chi connectivity index (χ1) is 15.2. The molecule has 2 aromatic rings. The molecule has 0 radical (unpaired) electrons. The van der Waals surface area contributed by atoms with Crippen molar-refractivity contribution in [3.05, 3.63) is 60.2 Å². The minimum atomic E-state index is -5.41. The average Bonchev–Trinajstić information content (AvgIpc) is 2.66. The molecule has 0 saturated carbocycles. The molecular formula is C14H32N2NaO19P4+. The van der Waals surface area contributed by atoms with Gasteiger partial charge in [0.1, 0.15) is 0 Å². The SMILES string of the molecule is O.O.O.O.O.O=P(O)(O)C(O)(Cc1cccnc1)P(=O)(O)O.O=P(O)(O)C(O)(Cc1cccnc1)P(=O)(O)O.[Na+]. The summed E-state index contributed by atoms with van der Waals surface area (Å²) < 4.78 is 44.1. The summed E-state index contributed by atoms with van der Waals surface area (Å²) >= 11 is 0. The Kier molecular flexibility index (Phi) is 24.8. The van der Waals surface area contributed by atoms with Crippen LogP contribution in [-0.2, 0) is 31.1 Å². The van der Waals surface area contributed by atoms with Crippen molar-refractivity contribution in [3.8, 4) is 0 Å². The molecule has 20 N–H and O–H groups in total. The Morgan fingerprint density at radius 1 is 0.550 bits per heavy atom. The van der Waals surface area contributed by atoms with E-state index in [-0.39, 0.29) is 68.1 Å². The number of nitrogens with zero attached hydrogens (tertiary/aromatic N) is 2. The third kappa shape index (κ3) is 13.3. The van der Waals surface area contributed by atoms with Gasteiger partial charge in [-0.25, -0.2) is 0 Å². The Bertz CT molecular complexity index is 1020. The molecule has 2 aromatic heterocycles. The number of aliphatic hydroxyl groups is 2. The van der Waals surface area contributed by atoms with Crippen LogP contribution in [-0.4, -0.2) is 96.9 Å². The van der Waals surface area contributed by atoms with Crippen molar-refractivity contribution in [3.63, 3.8) is 0 Å². The zero-order chi connectivity index (χ0) is 26.6. The second-order valence-electron chi connectivity index (χ2n) is 6.80. The largest absolute Gasteiger partial charge is 1.00 e. The van der Waals surface area contributed by atoms with Crippen LogP contribution in [0, 0.1) is 0 Å². The van der Waals surface area contributed by atoms with E-state index >= 15 is 0 Å². The molecule has 232 valence electrons. The zero-order valence-corrected chi connectivity index (χ0v) is 25.9. The fraction of sp³-hybridized carbons (Fsp3) is 0.286. The molecule has 0 saturated heterocycles. The van der Waals surface area contributed by atoms with E-state index in [1.54, 1.807) is 0 Å². The van der Waals surface area contributed by atoms with Crippen molar-refractivity contribution in [2.45, 2.75) is 23.0 Å². The summed E-state index contributed by atoms with van der Waals surface area (Å²) in [5, 5.41) is 12.3. The number of pyridine rings is 2. The van der Waals surface area contributed by atoms with Gasteiger partial charge in [0.05, 0.1) is 0 Å². The molecule has 0 fully saturated rings. The van der Waals surface area contributed by atoms with E-state index in [4.69, 9.17) is 39.1 Å². The fourth-order valence-corrected chi connectivity index (χ4v) is 6.57. The zero-order valence-electron chi connectivity index (χ0n) is 20.3. The molecular weight excluding hydrogens is 647 g/mol. The summed E-state index contributed by atoms with van der Waals surface area (Å²) in [6.07, 6.45) is 3.26. The van der Waals surface area contributed by atoms with Gasteiger partial charge < -0.3 is 76.7 Å². The third-order valence-electron chi connectivity index (χ3n) is 4.19. The maximum absolute atomic E-state index is 11.0. The maximum Gasteiger partial charge on any atom is 1.00 e. The first-order valence-corrected chi connectivity index (χ1v) is 15.1. The van der Waals surface area contributed by atoms with Crippen LogP contribution in [0.2, 0.25) is 0 Å². The van der Waals surface area contributed by atoms with Gasteiger partial charge in [-0.1, -0.05) is 12.1 Å². The van der Waals surface area contributed by atoms with Crippen molar-refractivity contribution in [2.75, 3.05) is 0 Å². The van der Waals surface area contributed by atoms with E-state index in [0.29, 0.717) is 0 Å². The summed E-state index contributed by atoms with van der Waals surface area (Å²) in [5.41, 5.74) is 0.198. The minimum absolute atomic E-state index is 0. The monoisotopic (exact) mass is 679 g/mol. The topological polar surface area (TPSA) is 454 Å². The van der Waals surface area contributed by atoms with Crippen molar-refractivity contribution in [1.29, 1.82) is 0 Å². The van der Waals surface area contributed by atoms with Gasteiger partial charge in [-0.15, -0.1) is 0 Å². The minimum Gasteiger partial charge on any atom is -0.412 e. The number of hydrogen-bond donors (Lipinski definition) is 10. The predicted octanol–water partition coefficient (Wildman–Crippen LogP) is -7.87.